The Balaban J connectivity index is 1.60. The van der Waals surface area contributed by atoms with Crippen molar-refractivity contribution in [1.82, 2.24) is 0 Å². The quantitative estimate of drug-likeness (QED) is 0.675. The second-order valence-electron chi connectivity index (χ2n) is 7.30. The molecule has 0 aliphatic carbocycles. The highest BCUT2D eigenvalue weighted by molar-refractivity contribution is 5.99. The number of anilines is 2. The van der Waals surface area contributed by atoms with Crippen LogP contribution in [0.5, 0.6) is 0 Å². The van der Waals surface area contributed by atoms with Crippen LogP contribution in [0.1, 0.15) is 36.3 Å². The molecule has 0 aromatic heterocycles. The molecule has 146 valence electrons. The molecule has 1 saturated heterocycles. The van der Waals surface area contributed by atoms with Gasteiger partial charge < -0.3 is 10.2 Å². The Bertz CT molecular complexity index is 946. The van der Waals surface area contributed by atoms with Crippen molar-refractivity contribution in [3.8, 4) is 0 Å². The standard InChI is InChI=1S/C25H24N2O2/c28-23-16-7-8-17-27(23)22-15-9-14-21(18-22)26-25(29)24(19-10-3-1-4-11-19)20-12-5-2-6-13-20/h1-6,9-15,18,24H,7-8,16-17H2,(H,26,29). The maximum Gasteiger partial charge on any atom is 0.236 e. The van der Waals surface area contributed by atoms with E-state index in [-0.39, 0.29) is 11.8 Å². The Morgan fingerprint density at radius 1 is 0.828 bits per heavy atom. The topological polar surface area (TPSA) is 49.4 Å². The average Bonchev–Trinajstić information content (AvgIpc) is 2.76. The van der Waals surface area contributed by atoms with E-state index in [0.29, 0.717) is 12.1 Å². The van der Waals surface area contributed by atoms with Crippen molar-refractivity contribution in [2.24, 2.45) is 0 Å². The summed E-state index contributed by atoms with van der Waals surface area (Å²) in [6.07, 6.45) is 2.54. The van der Waals surface area contributed by atoms with E-state index in [2.05, 4.69) is 5.32 Å². The summed E-state index contributed by atoms with van der Waals surface area (Å²) in [5, 5.41) is 3.06. The molecule has 1 fully saturated rings. The Morgan fingerprint density at radius 3 is 2.10 bits per heavy atom. The van der Waals surface area contributed by atoms with E-state index in [1.54, 1.807) is 0 Å². The van der Waals surface area contributed by atoms with Crippen LogP contribution in [-0.4, -0.2) is 18.4 Å². The molecule has 1 aliphatic rings. The summed E-state index contributed by atoms with van der Waals surface area (Å²) in [4.78, 5) is 27.3. The van der Waals surface area contributed by atoms with Gasteiger partial charge in [-0.3, -0.25) is 9.59 Å². The largest absolute Gasteiger partial charge is 0.325 e. The average molecular weight is 384 g/mol. The number of carbonyl (C=O) groups excluding carboxylic acids is 2. The van der Waals surface area contributed by atoms with Crippen molar-refractivity contribution in [2.45, 2.75) is 25.2 Å². The van der Waals surface area contributed by atoms with E-state index in [1.807, 2.05) is 89.8 Å². The summed E-state index contributed by atoms with van der Waals surface area (Å²) < 4.78 is 0. The number of carbonyl (C=O) groups is 2. The van der Waals surface area contributed by atoms with Crippen LogP contribution in [0, 0.1) is 0 Å². The maximum absolute atomic E-state index is 13.3. The normalized spacial score (nSPS) is 14.1. The molecule has 1 heterocycles. The molecule has 4 heteroatoms. The molecule has 3 aromatic rings. The highest BCUT2D eigenvalue weighted by Gasteiger charge is 2.24. The Kier molecular flexibility index (Phi) is 5.71. The van der Waals surface area contributed by atoms with Gasteiger partial charge in [-0.25, -0.2) is 0 Å². The lowest BCUT2D eigenvalue weighted by Crippen LogP contribution is -2.35. The lowest BCUT2D eigenvalue weighted by Gasteiger charge is -2.27. The summed E-state index contributed by atoms with van der Waals surface area (Å²) in [7, 11) is 0. The fraction of sp³-hybridized carbons (Fsp3) is 0.200. The van der Waals surface area contributed by atoms with Crippen LogP contribution < -0.4 is 10.2 Å². The number of rotatable bonds is 5. The van der Waals surface area contributed by atoms with Gasteiger partial charge in [-0.15, -0.1) is 0 Å². The van der Waals surface area contributed by atoms with Gasteiger partial charge in [0.25, 0.3) is 0 Å². The Labute approximate surface area is 171 Å². The van der Waals surface area contributed by atoms with Gasteiger partial charge in [-0.1, -0.05) is 66.7 Å². The lowest BCUT2D eigenvalue weighted by molar-refractivity contribution is -0.119. The molecule has 0 bridgehead atoms. The predicted octanol–water partition coefficient (Wildman–Crippen LogP) is 4.97. The van der Waals surface area contributed by atoms with Crippen LogP contribution in [0.2, 0.25) is 0 Å². The molecule has 0 saturated carbocycles. The number of amides is 2. The van der Waals surface area contributed by atoms with E-state index in [4.69, 9.17) is 0 Å². The van der Waals surface area contributed by atoms with Crippen molar-refractivity contribution in [1.29, 1.82) is 0 Å². The van der Waals surface area contributed by atoms with Gasteiger partial charge in [-0.2, -0.15) is 0 Å². The number of piperidine rings is 1. The minimum Gasteiger partial charge on any atom is -0.325 e. The van der Waals surface area contributed by atoms with Gasteiger partial charge in [0.15, 0.2) is 0 Å². The maximum atomic E-state index is 13.3. The van der Waals surface area contributed by atoms with E-state index >= 15 is 0 Å². The van der Waals surface area contributed by atoms with Gasteiger partial charge in [0.05, 0.1) is 5.92 Å². The summed E-state index contributed by atoms with van der Waals surface area (Å²) in [6, 6.07) is 27.1. The Hall–Kier alpha value is -3.40. The van der Waals surface area contributed by atoms with Crippen molar-refractivity contribution >= 4 is 23.2 Å². The van der Waals surface area contributed by atoms with Gasteiger partial charge in [0.1, 0.15) is 0 Å². The third-order valence-corrected chi connectivity index (χ3v) is 5.28. The van der Waals surface area contributed by atoms with Crippen LogP contribution in [0.3, 0.4) is 0 Å². The minimum atomic E-state index is -0.405. The third kappa shape index (κ3) is 4.37. The monoisotopic (exact) mass is 384 g/mol. The summed E-state index contributed by atoms with van der Waals surface area (Å²) in [5.41, 5.74) is 3.42. The first-order valence-electron chi connectivity index (χ1n) is 10.0. The smallest absolute Gasteiger partial charge is 0.236 e. The van der Waals surface area contributed by atoms with Crippen LogP contribution in [0.25, 0.3) is 0 Å². The highest BCUT2D eigenvalue weighted by atomic mass is 16.2. The summed E-state index contributed by atoms with van der Waals surface area (Å²) >= 11 is 0. The molecule has 2 amide bonds. The van der Waals surface area contributed by atoms with E-state index in [0.717, 1.165) is 36.2 Å². The number of nitrogens with one attached hydrogen (secondary N) is 1. The molecular formula is C25H24N2O2. The lowest BCUT2D eigenvalue weighted by atomic mass is 9.90. The van der Waals surface area contributed by atoms with Crippen LogP contribution in [0.15, 0.2) is 84.9 Å². The fourth-order valence-electron chi connectivity index (χ4n) is 3.83. The third-order valence-electron chi connectivity index (χ3n) is 5.28. The zero-order valence-corrected chi connectivity index (χ0v) is 16.3. The second-order valence-corrected chi connectivity index (χ2v) is 7.30. The second kappa shape index (κ2) is 8.74. The predicted molar refractivity (Wildman–Crippen MR) is 116 cm³/mol. The van der Waals surface area contributed by atoms with Crippen LogP contribution >= 0.6 is 0 Å². The molecular weight excluding hydrogens is 360 g/mol. The molecule has 0 radical (unpaired) electrons. The van der Waals surface area contributed by atoms with Crippen molar-refractivity contribution in [2.75, 3.05) is 16.8 Å². The van der Waals surface area contributed by atoms with Gasteiger partial charge in [-0.05, 0) is 42.2 Å². The Morgan fingerprint density at radius 2 is 1.48 bits per heavy atom. The van der Waals surface area contributed by atoms with Crippen molar-refractivity contribution in [3.05, 3.63) is 96.1 Å². The molecule has 3 aromatic carbocycles. The van der Waals surface area contributed by atoms with Crippen molar-refractivity contribution in [3.63, 3.8) is 0 Å². The molecule has 0 atom stereocenters. The van der Waals surface area contributed by atoms with Crippen LogP contribution in [-0.2, 0) is 9.59 Å². The molecule has 1 N–H and O–H groups in total. The van der Waals surface area contributed by atoms with Gasteiger partial charge in [0, 0.05) is 24.3 Å². The first-order valence-corrected chi connectivity index (χ1v) is 10.0. The first-order chi connectivity index (χ1) is 14.2. The minimum absolute atomic E-state index is 0.0930. The number of nitrogens with zero attached hydrogens (tertiary/aromatic N) is 1. The summed E-state index contributed by atoms with van der Waals surface area (Å²) in [5.74, 6) is -0.353. The van der Waals surface area contributed by atoms with E-state index in [9.17, 15) is 9.59 Å². The van der Waals surface area contributed by atoms with Gasteiger partial charge in [0.2, 0.25) is 11.8 Å². The number of benzene rings is 3. The van der Waals surface area contributed by atoms with E-state index in [1.165, 1.54) is 0 Å². The number of hydrogen-bond donors (Lipinski definition) is 1. The zero-order valence-electron chi connectivity index (χ0n) is 16.3. The van der Waals surface area contributed by atoms with Gasteiger partial charge >= 0.3 is 0 Å². The molecule has 29 heavy (non-hydrogen) atoms. The molecule has 0 unspecified atom stereocenters. The molecule has 0 spiro atoms. The summed E-state index contributed by atoms with van der Waals surface area (Å²) in [6.45, 7) is 0.729. The van der Waals surface area contributed by atoms with Crippen molar-refractivity contribution < 1.29 is 9.59 Å². The number of hydrogen-bond acceptors (Lipinski definition) is 2. The van der Waals surface area contributed by atoms with Crippen LogP contribution in [0.4, 0.5) is 11.4 Å². The molecule has 4 nitrogen and oxygen atoms in total. The first kappa shape index (κ1) is 18.9. The molecule has 1 aliphatic heterocycles. The highest BCUT2D eigenvalue weighted by Crippen LogP contribution is 2.28. The SMILES string of the molecule is O=C(Nc1cccc(N2CCCCC2=O)c1)C(c1ccccc1)c1ccccc1. The van der Waals surface area contributed by atoms with E-state index < -0.39 is 5.92 Å². The zero-order chi connectivity index (χ0) is 20.1. The molecule has 4 rings (SSSR count). The fourth-order valence-corrected chi connectivity index (χ4v) is 3.83.